The van der Waals surface area contributed by atoms with Crippen LogP contribution in [0.4, 0.5) is 0 Å². The van der Waals surface area contributed by atoms with Crippen molar-refractivity contribution < 1.29 is 50.0 Å². The minimum Gasteiger partial charge on any atom is -0.393 e. The first-order valence-corrected chi connectivity index (χ1v) is 16.5. The molecule has 0 heterocycles. The zero-order valence-corrected chi connectivity index (χ0v) is 26.1. The van der Waals surface area contributed by atoms with Crippen molar-refractivity contribution in [3.05, 3.63) is 11.6 Å². The summed E-state index contributed by atoms with van der Waals surface area (Å²) in [5, 5.41) is 73.0. The SMILES string of the molecule is COC(O)N(C)CCCCOCC(O)COC1CCC2(O)C(=CCC3C2CCC2(O)C3CCC2[C@H](O)CCCC(O)O)C1. The highest BCUT2D eigenvalue weighted by Gasteiger charge is 2.61. The van der Waals surface area contributed by atoms with Crippen molar-refractivity contribution in [1.82, 2.24) is 4.90 Å². The maximum Gasteiger partial charge on any atom is 0.215 e. The lowest BCUT2D eigenvalue weighted by Crippen LogP contribution is -2.59. The van der Waals surface area contributed by atoms with E-state index in [1.165, 1.54) is 7.11 Å². The van der Waals surface area contributed by atoms with Gasteiger partial charge in [0.25, 0.3) is 0 Å². The van der Waals surface area contributed by atoms with Crippen LogP contribution in [0.5, 0.6) is 0 Å². The van der Waals surface area contributed by atoms with Crippen molar-refractivity contribution in [2.75, 3.05) is 40.5 Å². The van der Waals surface area contributed by atoms with Crippen LogP contribution in [-0.2, 0) is 14.2 Å². The zero-order chi connectivity index (χ0) is 31.2. The standard InChI is InChI=1S/C32H57NO10/c1-33(30(38)41-2)16-3-4-17-42-19-22(34)20-43-23-12-14-31(39)21(18-23)8-9-24-25-10-11-27(28(35)6-5-7-29(36)37)32(25,40)15-13-26(24)31/h8,22-30,34-40H,3-7,9-20H2,1-2H3/t22?,23?,24?,25?,26?,27?,28-,30?,31?,32?/m1/s1. The molecule has 4 aliphatic carbocycles. The van der Waals surface area contributed by atoms with Gasteiger partial charge < -0.3 is 50.0 Å². The lowest BCUT2D eigenvalue weighted by Gasteiger charge is -2.56. The first kappa shape index (κ1) is 35.2. The van der Waals surface area contributed by atoms with Crippen molar-refractivity contribution in [2.45, 2.75) is 126 Å². The number of hydrogen-bond acceptors (Lipinski definition) is 11. The van der Waals surface area contributed by atoms with E-state index in [-0.39, 0.29) is 49.4 Å². The predicted molar refractivity (Wildman–Crippen MR) is 158 cm³/mol. The number of rotatable bonds is 17. The largest absolute Gasteiger partial charge is 0.393 e. The molecule has 11 nitrogen and oxygen atoms in total. The van der Waals surface area contributed by atoms with Gasteiger partial charge in [-0.3, -0.25) is 4.90 Å². The van der Waals surface area contributed by atoms with Gasteiger partial charge in [-0.15, -0.1) is 0 Å². The molecule has 9 unspecified atom stereocenters. The zero-order valence-electron chi connectivity index (χ0n) is 26.1. The molecule has 0 amide bonds. The first-order valence-electron chi connectivity index (χ1n) is 16.5. The molecule has 4 aliphatic rings. The Morgan fingerprint density at radius 3 is 2.47 bits per heavy atom. The summed E-state index contributed by atoms with van der Waals surface area (Å²) < 4.78 is 16.5. The van der Waals surface area contributed by atoms with Gasteiger partial charge in [0.05, 0.1) is 36.6 Å². The number of methoxy groups -OCH3 is 1. The topological polar surface area (TPSA) is 173 Å². The third kappa shape index (κ3) is 8.37. The fraction of sp³-hybridized carbons (Fsp3) is 0.938. The Kier molecular flexibility index (Phi) is 12.9. The van der Waals surface area contributed by atoms with E-state index < -0.39 is 36.1 Å². The van der Waals surface area contributed by atoms with Crippen molar-refractivity contribution >= 4 is 0 Å². The van der Waals surface area contributed by atoms with Crippen LogP contribution < -0.4 is 0 Å². The van der Waals surface area contributed by atoms with Gasteiger partial charge in [0.15, 0.2) is 6.29 Å². The molecule has 43 heavy (non-hydrogen) atoms. The number of hydrogen-bond donors (Lipinski definition) is 7. The van der Waals surface area contributed by atoms with E-state index in [9.17, 15) is 25.5 Å². The van der Waals surface area contributed by atoms with E-state index in [1.54, 1.807) is 11.9 Å². The summed E-state index contributed by atoms with van der Waals surface area (Å²) in [6.45, 7) is 1.58. The van der Waals surface area contributed by atoms with Gasteiger partial charge in [-0.05, 0) is 114 Å². The summed E-state index contributed by atoms with van der Waals surface area (Å²) in [7, 11) is 3.24. The second-order valence-electron chi connectivity index (χ2n) is 13.6. The molecule has 3 fully saturated rings. The number of aliphatic hydroxyl groups excluding tert-OH is 4. The molecule has 10 atom stereocenters. The van der Waals surface area contributed by atoms with Gasteiger partial charge in [-0.2, -0.15) is 0 Å². The highest BCUT2D eigenvalue weighted by molar-refractivity contribution is 5.28. The minimum atomic E-state index is -1.37. The fourth-order valence-electron chi connectivity index (χ4n) is 8.67. The number of fused-ring (bicyclic) bond motifs is 5. The molecule has 4 rings (SSSR count). The van der Waals surface area contributed by atoms with Gasteiger partial charge in [0.2, 0.25) is 6.41 Å². The number of allylic oxidation sites excluding steroid dienone is 1. The normalized spacial score (nSPS) is 36.2. The maximum atomic E-state index is 12.0. The minimum absolute atomic E-state index is 0.0399. The number of ether oxygens (including phenoxy) is 3. The molecule has 0 aromatic rings. The van der Waals surface area contributed by atoms with E-state index in [2.05, 4.69) is 6.08 Å². The fourth-order valence-corrected chi connectivity index (χ4v) is 8.67. The molecule has 0 aromatic heterocycles. The second-order valence-corrected chi connectivity index (χ2v) is 13.6. The molecule has 250 valence electrons. The molecular weight excluding hydrogens is 558 g/mol. The van der Waals surface area contributed by atoms with Crippen molar-refractivity contribution in [3.8, 4) is 0 Å². The summed E-state index contributed by atoms with van der Waals surface area (Å²) in [4.78, 5) is 1.71. The molecule has 3 saturated carbocycles. The molecule has 7 N–H and O–H groups in total. The third-order valence-corrected chi connectivity index (χ3v) is 11.0. The Morgan fingerprint density at radius 1 is 0.930 bits per heavy atom. The molecule has 11 heteroatoms. The Labute approximate surface area is 256 Å². The van der Waals surface area contributed by atoms with E-state index in [4.69, 9.17) is 24.4 Å². The molecule has 0 aromatic carbocycles. The average molecular weight is 616 g/mol. The van der Waals surface area contributed by atoms with Crippen LogP contribution >= 0.6 is 0 Å². The lowest BCUT2D eigenvalue weighted by atomic mass is 9.53. The third-order valence-electron chi connectivity index (χ3n) is 11.0. The Morgan fingerprint density at radius 2 is 1.72 bits per heavy atom. The maximum absolute atomic E-state index is 12.0. The molecular formula is C32H57NO10. The summed E-state index contributed by atoms with van der Waals surface area (Å²) in [6, 6.07) is 0. The van der Waals surface area contributed by atoms with E-state index in [1.807, 2.05) is 0 Å². The van der Waals surface area contributed by atoms with Gasteiger partial charge >= 0.3 is 0 Å². The Hall–Kier alpha value is -0.700. The Balaban J connectivity index is 1.21. The molecule has 0 bridgehead atoms. The molecule has 0 saturated heterocycles. The lowest BCUT2D eigenvalue weighted by molar-refractivity contribution is -0.167. The quantitative estimate of drug-likeness (QED) is 0.0713. The van der Waals surface area contributed by atoms with Gasteiger partial charge in [0, 0.05) is 26.2 Å². The summed E-state index contributed by atoms with van der Waals surface area (Å²) >= 11 is 0. The predicted octanol–water partition coefficient (Wildman–Crippen LogP) is 1.25. The first-order chi connectivity index (χ1) is 20.5. The highest BCUT2D eigenvalue weighted by Crippen LogP contribution is 2.61. The van der Waals surface area contributed by atoms with Crippen LogP contribution in [0.15, 0.2) is 11.6 Å². The van der Waals surface area contributed by atoms with Crippen molar-refractivity contribution in [1.29, 1.82) is 0 Å². The summed E-state index contributed by atoms with van der Waals surface area (Å²) in [6.07, 6.45) is 6.86. The van der Waals surface area contributed by atoms with Gasteiger partial charge in [-0.1, -0.05) is 6.08 Å². The second kappa shape index (κ2) is 15.7. The highest BCUT2D eigenvalue weighted by atomic mass is 16.6. The smallest absolute Gasteiger partial charge is 0.215 e. The summed E-state index contributed by atoms with van der Waals surface area (Å²) in [5.41, 5.74) is -0.809. The van der Waals surface area contributed by atoms with E-state index >= 15 is 0 Å². The van der Waals surface area contributed by atoms with Crippen LogP contribution in [0.3, 0.4) is 0 Å². The number of unbranched alkanes of at least 4 members (excludes halogenated alkanes) is 1. The molecule has 0 radical (unpaired) electrons. The van der Waals surface area contributed by atoms with Crippen LogP contribution in [0.1, 0.15) is 83.5 Å². The van der Waals surface area contributed by atoms with Gasteiger partial charge in [0.1, 0.15) is 6.10 Å². The van der Waals surface area contributed by atoms with Crippen LogP contribution in [0, 0.1) is 23.7 Å². The van der Waals surface area contributed by atoms with E-state index in [0.717, 1.165) is 44.1 Å². The monoisotopic (exact) mass is 615 g/mol. The number of aliphatic hydroxyl groups is 7. The van der Waals surface area contributed by atoms with Crippen LogP contribution in [0.2, 0.25) is 0 Å². The number of nitrogens with zero attached hydrogens (tertiary/aromatic N) is 1. The molecule has 0 aliphatic heterocycles. The van der Waals surface area contributed by atoms with Crippen LogP contribution in [0.25, 0.3) is 0 Å². The Bertz CT molecular complexity index is 890. The van der Waals surface area contributed by atoms with Crippen molar-refractivity contribution in [2.24, 2.45) is 23.7 Å². The summed E-state index contributed by atoms with van der Waals surface area (Å²) in [5.74, 6) is 0.0742. The average Bonchev–Trinajstić information content (AvgIpc) is 3.34. The van der Waals surface area contributed by atoms with E-state index in [0.29, 0.717) is 51.7 Å². The van der Waals surface area contributed by atoms with Gasteiger partial charge in [-0.25, -0.2) is 0 Å². The van der Waals surface area contributed by atoms with Crippen molar-refractivity contribution in [3.63, 3.8) is 0 Å². The molecule has 0 spiro atoms. The van der Waals surface area contributed by atoms with Crippen LogP contribution in [-0.4, -0.2) is 123 Å².